The number of carboxylic acids is 1. The fourth-order valence-electron chi connectivity index (χ4n) is 1.78. The molecule has 0 aromatic carbocycles. The number of nitrogens with zero attached hydrogens (tertiary/aromatic N) is 1. The van der Waals surface area contributed by atoms with Gasteiger partial charge in [0.15, 0.2) is 4.67 Å². The van der Waals surface area contributed by atoms with E-state index in [0.29, 0.717) is 6.61 Å². The summed E-state index contributed by atoms with van der Waals surface area (Å²) in [7, 11) is -3.79. The van der Waals surface area contributed by atoms with E-state index >= 15 is 0 Å². The minimum absolute atomic E-state index is 0.107. The van der Waals surface area contributed by atoms with Crippen LogP contribution in [0.25, 0.3) is 0 Å². The summed E-state index contributed by atoms with van der Waals surface area (Å²) in [5.74, 6) is -1.75. The van der Waals surface area contributed by atoms with Crippen molar-refractivity contribution in [1.29, 1.82) is 0 Å². The molecule has 1 aliphatic heterocycles. The van der Waals surface area contributed by atoms with Crippen LogP contribution in [0.3, 0.4) is 0 Å². The lowest BCUT2D eigenvalue weighted by Crippen LogP contribution is -2.44. The summed E-state index contributed by atoms with van der Waals surface area (Å²) in [5.41, 5.74) is 0. The highest BCUT2D eigenvalue weighted by Crippen LogP contribution is 2.29. The third-order valence-electron chi connectivity index (χ3n) is 2.69. The second-order valence-corrected chi connectivity index (χ2v) is 6.72. The molecule has 9 heteroatoms. The number of furan rings is 1. The number of rotatable bonds is 3. The van der Waals surface area contributed by atoms with Gasteiger partial charge in [0.1, 0.15) is 4.90 Å². The highest BCUT2D eigenvalue weighted by atomic mass is 79.9. The van der Waals surface area contributed by atoms with Crippen LogP contribution in [0.4, 0.5) is 0 Å². The zero-order valence-electron chi connectivity index (χ0n) is 10.00. The first kappa shape index (κ1) is 14.5. The number of hydrogen-bond acceptors (Lipinski definition) is 5. The van der Waals surface area contributed by atoms with Crippen molar-refractivity contribution in [2.75, 3.05) is 19.7 Å². The number of hydrogen-bond donors (Lipinski definition) is 1. The van der Waals surface area contributed by atoms with Gasteiger partial charge in [-0.1, -0.05) is 0 Å². The quantitative estimate of drug-likeness (QED) is 0.875. The minimum atomic E-state index is -3.79. The fourth-order valence-corrected chi connectivity index (χ4v) is 4.18. The summed E-state index contributed by atoms with van der Waals surface area (Å²) in [6.07, 6.45) is -0.201. The van der Waals surface area contributed by atoms with Crippen LogP contribution in [0, 0.1) is 0 Å². The molecule has 0 amide bonds. The van der Waals surface area contributed by atoms with Gasteiger partial charge in [0.25, 0.3) is 0 Å². The normalized spacial score (nSPS) is 21.5. The van der Waals surface area contributed by atoms with Crippen molar-refractivity contribution in [2.24, 2.45) is 0 Å². The van der Waals surface area contributed by atoms with E-state index in [1.54, 1.807) is 6.92 Å². The van der Waals surface area contributed by atoms with Gasteiger partial charge in [-0.25, -0.2) is 13.2 Å². The smallest absolute Gasteiger partial charge is 0.371 e. The zero-order valence-corrected chi connectivity index (χ0v) is 12.4. The summed E-state index contributed by atoms with van der Waals surface area (Å²) < 4.78 is 36.0. The van der Waals surface area contributed by atoms with Crippen LogP contribution in [0.2, 0.25) is 0 Å². The molecule has 7 nitrogen and oxygen atoms in total. The van der Waals surface area contributed by atoms with Crippen molar-refractivity contribution in [3.05, 3.63) is 16.5 Å². The molecule has 19 heavy (non-hydrogen) atoms. The van der Waals surface area contributed by atoms with Gasteiger partial charge in [-0.05, 0) is 22.9 Å². The maximum atomic E-state index is 12.4. The van der Waals surface area contributed by atoms with Crippen LogP contribution in [-0.2, 0) is 14.8 Å². The second kappa shape index (κ2) is 5.23. The SMILES string of the molecule is CC1CN(S(=O)(=O)c2cc(C(=O)O)oc2Br)CCO1. The Hall–Kier alpha value is -0.900. The largest absolute Gasteiger partial charge is 0.475 e. The summed E-state index contributed by atoms with van der Waals surface area (Å²) >= 11 is 2.94. The lowest BCUT2D eigenvalue weighted by molar-refractivity contribution is 0.0101. The predicted molar refractivity (Wildman–Crippen MR) is 67.5 cm³/mol. The Morgan fingerprint density at radius 2 is 2.26 bits per heavy atom. The molecule has 0 aliphatic carbocycles. The van der Waals surface area contributed by atoms with E-state index in [0.717, 1.165) is 6.07 Å². The van der Waals surface area contributed by atoms with Gasteiger partial charge in [-0.3, -0.25) is 0 Å². The Labute approximate surface area is 118 Å². The van der Waals surface area contributed by atoms with Crippen molar-refractivity contribution in [1.82, 2.24) is 4.31 Å². The molecule has 1 unspecified atom stereocenters. The van der Waals surface area contributed by atoms with E-state index in [1.807, 2.05) is 0 Å². The van der Waals surface area contributed by atoms with E-state index in [-0.39, 0.29) is 28.8 Å². The molecule has 0 radical (unpaired) electrons. The summed E-state index contributed by atoms with van der Waals surface area (Å²) in [4.78, 5) is 10.6. The maximum Gasteiger partial charge on any atom is 0.371 e. The van der Waals surface area contributed by atoms with Gasteiger partial charge in [0.2, 0.25) is 15.8 Å². The number of ether oxygens (including phenoxy) is 1. The maximum absolute atomic E-state index is 12.4. The summed E-state index contributed by atoms with van der Waals surface area (Å²) in [6, 6.07) is 1.00. The number of carbonyl (C=O) groups is 1. The van der Waals surface area contributed by atoms with Gasteiger partial charge < -0.3 is 14.3 Å². The van der Waals surface area contributed by atoms with E-state index in [4.69, 9.17) is 14.3 Å². The summed E-state index contributed by atoms with van der Waals surface area (Å²) in [6.45, 7) is 2.53. The molecule has 1 atom stereocenters. The molecule has 2 rings (SSSR count). The monoisotopic (exact) mass is 353 g/mol. The van der Waals surface area contributed by atoms with Gasteiger partial charge >= 0.3 is 5.97 Å². The van der Waals surface area contributed by atoms with Gasteiger partial charge in [0.05, 0.1) is 12.7 Å². The standard InChI is InChI=1S/C10H12BrNO6S/c1-6-5-12(2-3-17-6)19(15,16)8-4-7(10(13)14)18-9(8)11/h4,6H,2-3,5H2,1H3,(H,13,14). The third kappa shape index (κ3) is 2.83. The van der Waals surface area contributed by atoms with E-state index in [9.17, 15) is 13.2 Å². The minimum Gasteiger partial charge on any atom is -0.475 e. The van der Waals surface area contributed by atoms with Crippen molar-refractivity contribution in [3.8, 4) is 0 Å². The zero-order chi connectivity index (χ0) is 14.2. The highest BCUT2D eigenvalue weighted by Gasteiger charge is 2.33. The Bertz CT molecular complexity index is 595. The highest BCUT2D eigenvalue weighted by molar-refractivity contribution is 9.10. The van der Waals surface area contributed by atoms with Crippen molar-refractivity contribution in [2.45, 2.75) is 17.9 Å². The third-order valence-corrected chi connectivity index (χ3v) is 5.41. The first-order chi connectivity index (χ1) is 8.82. The van der Waals surface area contributed by atoms with Gasteiger partial charge in [-0.15, -0.1) is 0 Å². The number of morpholine rings is 1. The Morgan fingerprint density at radius 1 is 1.58 bits per heavy atom. The fraction of sp³-hybridized carbons (Fsp3) is 0.500. The number of halogens is 1. The predicted octanol–water partition coefficient (Wildman–Crippen LogP) is 1.15. The van der Waals surface area contributed by atoms with Crippen LogP contribution in [0.5, 0.6) is 0 Å². The first-order valence-corrected chi connectivity index (χ1v) is 7.70. The molecule has 1 aromatic rings. The Kier molecular flexibility index (Phi) is 4.00. The van der Waals surface area contributed by atoms with Crippen molar-refractivity contribution < 1.29 is 27.5 Å². The molecule has 1 N–H and O–H groups in total. The topological polar surface area (TPSA) is 97.1 Å². The molecule has 106 valence electrons. The molecule has 1 aromatic heterocycles. The van der Waals surface area contributed by atoms with Crippen LogP contribution in [-0.4, -0.2) is 49.6 Å². The number of sulfonamides is 1. The lowest BCUT2D eigenvalue weighted by atomic mass is 10.3. The first-order valence-electron chi connectivity index (χ1n) is 5.46. The molecule has 2 heterocycles. The molecule has 0 saturated carbocycles. The van der Waals surface area contributed by atoms with E-state index < -0.39 is 21.8 Å². The molecular weight excluding hydrogens is 342 g/mol. The Morgan fingerprint density at radius 3 is 2.79 bits per heavy atom. The summed E-state index contributed by atoms with van der Waals surface area (Å²) in [5, 5.41) is 8.80. The van der Waals surface area contributed by atoms with Crippen LogP contribution < -0.4 is 0 Å². The molecule has 1 aliphatic rings. The van der Waals surface area contributed by atoms with Crippen molar-refractivity contribution >= 4 is 31.9 Å². The average Bonchev–Trinajstić information content (AvgIpc) is 2.72. The van der Waals surface area contributed by atoms with E-state index in [1.165, 1.54) is 4.31 Å². The number of carboxylic acid groups (broad SMARTS) is 1. The van der Waals surface area contributed by atoms with Crippen LogP contribution in [0.1, 0.15) is 17.5 Å². The van der Waals surface area contributed by atoms with Crippen LogP contribution in [0.15, 0.2) is 20.0 Å². The molecule has 0 spiro atoms. The van der Waals surface area contributed by atoms with Gasteiger partial charge in [-0.2, -0.15) is 4.31 Å². The number of aromatic carboxylic acids is 1. The van der Waals surface area contributed by atoms with Gasteiger partial charge in [0, 0.05) is 19.2 Å². The van der Waals surface area contributed by atoms with Crippen molar-refractivity contribution in [3.63, 3.8) is 0 Å². The molecular formula is C10H12BrNO6S. The second-order valence-electron chi connectivity index (χ2n) is 4.10. The van der Waals surface area contributed by atoms with Crippen LogP contribution >= 0.6 is 15.9 Å². The Balaban J connectivity index is 2.36. The lowest BCUT2D eigenvalue weighted by Gasteiger charge is -2.29. The average molecular weight is 354 g/mol. The van der Waals surface area contributed by atoms with E-state index in [2.05, 4.69) is 15.9 Å². The molecule has 1 fully saturated rings. The molecule has 0 bridgehead atoms. The molecule has 1 saturated heterocycles.